The number of amides is 1. The number of alkyl halides is 1. The fourth-order valence-corrected chi connectivity index (χ4v) is 2.18. The highest BCUT2D eigenvalue weighted by atomic mass is 35.5. The maximum atomic E-state index is 11.4. The van der Waals surface area contributed by atoms with Gasteiger partial charge in [-0.05, 0) is 40.2 Å². The Bertz CT molecular complexity index is 253. The number of ether oxygens (including phenoxy) is 1. The van der Waals surface area contributed by atoms with Gasteiger partial charge in [-0.25, -0.2) is 4.79 Å². The fourth-order valence-electron chi connectivity index (χ4n) is 1.83. The second-order valence-electron chi connectivity index (χ2n) is 5.47. The smallest absolute Gasteiger partial charge is 0.407 e. The Balaban J connectivity index is 2.13. The molecular formula is C12H23ClN2O2. The van der Waals surface area contributed by atoms with Gasteiger partial charge >= 0.3 is 6.09 Å². The highest BCUT2D eigenvalue weighted by Crippen LogP contribution is 2.14. The molecule has 1 amide bonds. The molecule has 0 aromatic carbocycles. The standard InChI is InChI=1S/C12H23ClN2O2/c1-12(2,3)17-11(16)14-6-8-15-7-4-5-10(13)9-15/h10H,4-9H2,1-3H3,(H,14,16). The molecule has 1 fully saturated rings. The summed E-state index contributed by atoms with van der Waals surface area (Å²) in [6.45, 7) is 9.00. The van der Waals surface area contributed by atoms with E-state index in [0.717, 1.165) is 32.5 Å². The Hall–Kier alpha value is -0.480. The molecular weight excluding hydrogens is 240 g/mol. The third kappa shape index (κ3) is 6.74. The SMILES string of the molecule is CC(C)(C)OC(=O)NCCN1CCCC(Cl)C1. The zero-order valence-electron chi connectivity index (χ0n) is 11.0. The number of rotatable bonds is 3. The van der Waals surface area contributed by atoms with E-state index in [1.165, 1.54) is 0 Å². The van der Waals surface area contributed by atoms with Crippen molar-refractivity contribution in [2.45, 2.75) is 44.6 Å². The first-order valence-electron chi connectivity index (χ1n) is 6.20. The minimum absolute atomic E-state index is 0.255. The molecule has 1 N–H and O–H groups in total. The number of carbonyl (C=O) groups is 1. The molecule has 0 aromatic rings. The van der Waals surface area contributed by atoms with Crippen LogP contribution in [0.1, 0.15) is 33.6 Å². The van der Waals surface area contributed by atoms with Crippen molar-refractivity contribution in [1.82, 2.24) is 10.2 Å². The predicted molar refractivity (Wildman–Crippen MR) is 69.6 cm³/mol. The number of alkyl carbamates (subject to hydrolysis) is 1. The number of hydrogen-bond donors (Lipinski definition) is 1. The molecule has 0 spiro atoms. The van der Waals surface area contributed by atoms with E-state index >= 15 is 0 Å². The van der Waals surface area contributed by atoms with E-state index in [1.54, 1.807) is 0 Å². The van der Waals surface area contributed by atoms with Gasteiger partial charge in [0.2, 0.25) is 0 Å². The van der Waals surface area contributed by atoms with Gasteiger partial charge in [0.15, 0.2) is 0 Å². The van der Waals surface area contributed by atoms with Gasteiger partial charge in [-0.1, -0.05) is 0 Å². The summed E-state index contributed by atoms with van der Waals surface area (Å²) in [6.07, 6.45) is 1.88. The van der Waals surface area contributed by atoms with Crippen molar-refractivity contribution in [1.29, 1.82) is 0 Å². The highest BCUT2D eigenvalue weighted by Gasteiger charge is 2.18. The van der Waals surface area contributed by atoms with Crippen molar-refractivity contribution in [3.63, 3.8) is 0 Å². The number of likely N-dealkylation sites (tertiary alicyclic amines) is 1. The molecule has 17 heavy (non-hydrogen) atoms. The molecule has 0 saturated carbocycles. The monoisotopic (exact) mass is 262 g/mol. The van der Waals surface area contributed by atoms with Gasteiger partial charge in [-0.3, -0.25) is 0 Å². The van der Waals surface area contributed by atoms with Gasteiger partial charge in [0.25, 0.3) is 0 Å². The summed E-state index contributed by atoms with van der Waals surface area (Å²) < 4.78 is 5.15. The first-order valence-corrected chi connectivity index (χ1v) is 6.64. The van der Waals surface area contributed by atoms with E-state index in [4.69, 9.17) is 16.3 Å². The Kier molecular flexibility index (Phi) is 5.53. The molecule has 0 radical (unpaired) electrons. The summed E-state index contributed by atoms with van der Waals surface area (Å²) in [5.74, 6) is 0. The molecule has 0 bridgehead atoms. The van der Waals surface area contributed by atoms with E-state index in [0.29, 0.717) is 6.54 Å². The maximum absolute atomic E-state index is 11.4. The lowest BCUT2D eigenvalue weighted by molar-refractivity contribution is 0.0521. The largest absolute Gasteiger partial charge is 0.444 e. The van der Waals surface area contributed by atoms with Gasteiger partial charge in [0.1, 0.15) is 5.60 Å². The van der Waals surface area contributed by atoms with Crippen molar-refractivity contribution in [3.05, 3.63) is 0 Å². The number of nitrogens with zero attached hydrogens (tertiary/aromatic N) is 1. The summed E-state index contributed by atoms with van der Waals surface area (Å²) >= 11 is 6.09. The van der Waals surface area contributed by atoms with Crippen LogP contribution in [0.15, 0.2) is 0 Å². The quantitative estimate of drug-likeness (QED) is 0.793. The number of carbonyl (C=O) groups excluding carboxylic acids is 1. The number of halogens is 1. The van der Waals surface area contributed by atoms with Crippen LogP contribution in [0.3, 0.4) is 0 Å². The minimum atomic E-state index is -0.434. The van der Waals surface area contributed by atoms with Crippen molar-refractivity contribution in [2.75, 3.05) is 26.2 Å². The predicted octanol–water partition coefficient (Wildman–Crippen LogP) is 2.21. The molecule has 1 heterocycles. The number of hydrogen-bond acceptors (Lipinski definition) is 3. The first-order chi connectivity index (χ1) is 7.87. The van der Waals surface area contributed by atoms with Crippen LogP contribution >= 0.6 is 11.6 Å². The van der Waals surface area contributed by atoms with E-state index in [1.807, 2.05) is 20.8 Å². The van der Waals surface area contributed by atoms with Gasteiger partial charge in [0.05, 0.1) is 0 Å². The van der Waals surface area contributed by atoms with Gasteiger partial charge < -0.3 is 15.0 Å². The zero-order chi connectivity index (χ0) is 12.9. The Morgan fingerprint density at radius 3 is 2.82 bits per heavy atom. The molecule has 5 heteroatoms. The maximum Gasteiger partial charge on any atom is 0.407 e. The van der Waals surface area contributed by atoms with Crippen LogP contribution in [0.2, 0.25) is 0 Å². The molecule has 4 nitrogen and oxygen atoms in total. The Morgan fingerprint density at radius 1 is 1.53 bits per heavy atom. The molecule has 100 valence electrons. The molecule has 1 atom stereocenters. The summed E-state index contributed by atoms with van der Waals surface area (Å²) in [4.78, 5) is 13.7. The van der Waals surface area contributed by atoms with Gasteiger partial charge in [-0.2, -0.15) is 0 Å². The number of nitrogens with one attached hydrogen (secondary N) is 1. The van der Waals surface area contributed by atoms with Crippen LogP contribution < -0.4 is 5.32 Å². The summed E-state index contributed by atoms with van der Waals surface area (Å²) in [5.41, 5.74) is -0.434. The third-order valence-corrected chi connectivity index (χ3v) is 2.90. The van der Waals surface area contributed by atoms with Crippen LogP contribution in [-0.4, -0.2) is 48.2 Å². The third-order valence-electron chi connectivity index (χ3n) is 2.54. The average molecular weight is 263 g/mol. The van der Waals surface area contributed by atoms with Crippen LogP contribution in [0.4, 0.5) is 4.79 Å². The first kappa shape index (κ1) is 14.6. The van der Waals surface area contributed by atoms with E-state index in [2.05, 4.69) is 10.2 Å². The van der Waals surface area contributed by atoms with Crippen LogP contribution in [0.5, 0.6) is 0 Å². The second-order valence-corrected chi connectivity index (χ2v) is 6.09. The van der Waals surface area contributed by atoms with E-state index in [9.17, 15) is 4.79 Å². The lowest BCUT2D eigenvalue weighted by atomic mass is 10.1. The van der Waals surface area contributed by atoms with E-state index < -0.39 is 5.60 Å². The van der Waals surface area contributed by atoms with Crippen molar-refractivity contribution in [3.8, 4) is 0 Å². The zero-order valence-corrected chi connectivity index (χ0v) is 11.7. The number of piperidine rings is 1. The summed E-state index contributed by atoms with van der Waals surface area (Å²) in [7, 11) is 0. The normalized spacial score (nSPS) is 22.2. The molecule has 1 aliphatic heterocycles. The average Bonchev–Trinajstić information content (AvgIpc) is 2.14. The fraction of sp³-hybridized carbons (Fsp3) is 0.917. The van der Waals surface area contributed by atoms with Crippen LogP contribution in [0.25, 0.3) is 0 Å². The lowest BCUT2D eigenvalue weighted by Gasteiger charge is -2.29. The van der Waals surface area contributed by atoms with Crippen LogP contribution in [0, 0.1) is 0 Å². The van der Waals surface area contributed by atoms with Crippen LogP contribution in [-0.2, 0) is 4.74 Å². The van der Waals surface area contributed by atoms with E-state index in [-0.39, 0.29) is 11.5 Å². The lowest BCUT2D eigenvalue weighted by Crippen LogP contribution is -2.42. The van der Waals surface area contributed by atoms with Crippen molar-refractivity contribution >= 4 is 17.7 Å². The molecule has 0 aliphatic carbocycles. The molecule has 1 saturated heterocycles. The molecule has 1 aliphatic rings. The van der Waals surface area contributed by atoms with Gasteiger partial charge in [0, 0.05) is 25.0 Å². The summed E-state index contributed by atoms with van der Waals surface area (Å²) in [5, 5.41) is 3.01. The van der Waals surface area contributed by atoms with Crippen molar-refractivity contribution < 1.29 is 9.53 Å². The Labute approximate surface area is 109 Å². The summed E-state index contributed by atoms with van der Waals surface area (Å²) in [6, 6.07) is 0. The Morgan fingerprint density at radius 2 is 2.24 bits per heavy atom. The molecule has 1 rings (SSSR count). The topological polar surface area (TPSA) is 41.6 Å². The molecule has 0 aromatic heterocycles. The second kappa shape index (κ2) is 6.45. The minimum Gasteiger partial charge on any atom is -0.444 e. The van der Waals surface area contributed by atoms with Crippen molar-refractivity contribution in [2.24, 2.45) is 0 Å². The highest BCUT2D eigenvalue weighted by molar-refractivity contribution is 6.20. The molecule has 1 unspecified atom stereocenters. The van der Waals surface area contributed by atoms with Gasteiger partial charge in [-0.15, -0.1) is 11.6 Å².